The SMILES string of the molecule is O=C(O)Cc1ccc(NC(=O)C2CCCN(C(=O)Nc3ccccc3)C2)cc1. The van der Waals surface area contributed by atoms with Crippen LogP contribution in [0, 0.1) is 5.92 Å². The summed E-state index contributed by atoms with van der Waals surface area (Å²) in [7, 11) is 0. The molecule has 3 amide bonds. The molecule has 7 heteroatoms. The maximum absolute atomic E-state index is 12.6. The van der Waals surface area contributed by atoms with Crippen molar-refractivity contribution in [3.8, 4) is 0 Å². The van der Waals surface area contributed by atoms with Crippen LogP contribution in [0.4, 0.5) is 16.2 Å². The molecule has 28 heavy (non-hydrogen) atoms. The maximum atomic E-state index is 12.6. The average Bonchev–Trinajstić information content (AvgIpc) is 2.70. The van der Waals surface area contributed by atoms with Crippen LogP contribution in [0.25, 0.3) is 0 Å². The largest absolute Gasteiger partial charge is 0.481 e. The van der Waals surface area contributed by atoms with E-state index < -0.39 is 5.97 Å². The molecule has 1 saturated heterocycles. The average molecular weight is 381 g/mol. The summed E-state index contributed by atoms with van der Waals surface area (Å²) in [5, 5.41) is 14.5. The molecule has 0 spiro atoms. The second kappa shape index (κ2) is 9.03. The minimum Gasteiger partial charge on any atom is -0.481 e. The third-order valence-corrected chi connectivity index (χ3v) is 4.68. The second-order valence-electron chi connectivity index (χ2n) is 6.84. The molecule has 2 aromatic rings. The minimum atomic E-state index is -0.895. The van der Waals surface area contributed by atoms with Crippen molar-refractivity contribution in [3.63, 3.8) is 0 Å². The van der Waals surface area contributed by atoms with E-state index in [1.807, 2.05) is 30.3 Å². The van der Waals surface area contributed by atoms with Crippen LogP contribution in [0.5, 0.6) is 0 Å². The van der Waals surface area contributed by atoms with Crippen LogP contribution in [0.2, 0.25) is 0 Å². The van der Waals surface area contributed by atoms with Crippen LogP contribution in [0.1, 0.15) is 18.4 Å². The summed E-state index contributed by atoms with van der Waals surface area (Å²) in [5.74, 6) is -1.31. The van der Waals surface area contributed by atoms with E-state index >= 15 is 0 Å². The van der Waals surface area contributed by atoms with E-state index in [-0.39, 0.29) is 24.3 Å². The molecule has 0 bridgehead atoms. The van der Waals surface area contributed by atoms with Gasteiger partial charge in [-0.3, -0.25) is 9.59 Å². The number of carboxylic acids is 1. The zero-order chi connectivity index (χ0) is 19.9. The number of amides is 3. The molecule has 0 radical (unpaired) electrons. The summed E-state index contributed by atoms with van der Waals surface area (Å²) < 4.78 is 0. The third-order valence-electron chi connectivity index (χ3n) is 4.68. The van der Waals surface area contributed by atoms with Crippen LogP contribution in [0.15, 0.2) is 54.6 Å². The number of likely N-dealkylation sites (tertiary alicyclic amines) is 1. The number of nitrogens with one attached hydrogen (secondary N) is 2. The lowest BCUT2D eigenvalue weighted by molar-refractivity contribution is -0.136. The second-order valence-corrected chi connectivity index (χ2v) is 6.84. The first kappa shape index (κ1) is 19.4. The zero-order valence-electron chi connectivity index (χ0n) is 15.4. The molecular weight excluding hydrogens is 358 g/mol. The molecule has 7 nitrogen and oxygen atoms in total. The van der Waals surface area contributed by atoms with Gasteiger partial charge in [0.25, 0.3) is 0 Å². The van der Waals surface area contributed by atoms with Gasteiger partial charge in [0.2, 0.25) is 5.91 Å². The van der Waals surface area contributed by atoms with Gasteiger partial charge in [-0.2, -0.15) is 0 Å². The smallest absolute Gasteiger partial charge is 0.321 e. The highest BCUT2D eigenvalue weighted by Crippen LogP contribution is 2.20. The minimum absolute atomic E-state index is 0.0532. The van der Waals surface area contributed by atoms with Crippen molar-refractivity contribution < 1.29 is 19.5 Å². The lowest BCUT2D eigenvalue weighted by Crippen LogP contribution is -2.45. The van der Waals surface area contributed by atoms with E-state index in [4.69, 9.17) is 5.11 Å². The molecule has 1 fully saturated rings. The highest BCUT2D eigenvalue weighted by atomic mass is 16.4. The first-order valence-electron chi connectivity index (χ1n) is 9.24. The van der Waals surface area contributed by atoms with Crippen molar-refractivity contribution in [2.45, 2.75) is 19.3 Å². The Bertz CT molecular complexity index is 836. The van der Waals surface area contributed by atoms with Crippen LogP contribution in [-0.4, -0.2) is 41.0 Å². The van der Waals surface area contributed by atoms with Crippen molar-refractivity contribution in [2.75, 3.05) is 23.7 Å². The third kappa shape index (κ3) is 5.33. The Kier molecular flexibility index (Phi) is 6.26. The quantitative estimate of drug-likeness (QED) is 0.741. The summed E-state index contributed by atoms with van der Waals surface area (Å²) in [5.41, 5.74) is 2.01. The van der Waals surface area contributed by atoms with Gasteiger partial charge in [0, 0.05) is 24.5 Å². The Morgan fingerprint density at radius 2 is 1.64 bits per heavy atom. The highest BCUT2D eigenvalue weighted by Gasteiger charge is 2.28. The van der Waals surface area contributed by atoms with Crippen molar-refractivity contribution in [1.29, 1.82) is 0 Å². The molecule has 146 valence electrons. The summed E-state index contributed by atoms with van der Waals surface area (Å²) in [6.45, 7) is 0.980. The predicted octanol–water partition coefficient (Wildman–Crippen LogP) is 3.20. The molecule has 3 N–H and O–H groups in total. The fraction of sp³-hybridized carbons (Fsp3) is 0.286. The standard InChI is InChI=1S/C21H23N3O4/c25-19(26)13-15-8-10-18(11-9-15)22-20(27)16-5-4-12-24(14-16)21(28)23-17-6-2-1-3-7-17/h1-3,6-11,16H,4-5,12-14H2,(H,22,27)(H,23,28)(H,25,26). The molecular formula is C21H23N3O4. The number of hydrogen-bond donors (Lipinski definition) is 3. The summed E-state index contributed by atoms with van der Waals surface area (Å²) in [4.78, 5) is 37.4. The first-order valence-corrected chi connectivity index (χ1v) is 9.24. The molecule has 1 aliphatic heterocycles. The van der Waals surface area contributed by atoms with Gasteiger partial charge in [-0.25, -0.2) is 4.79 Å². The Balaban J connectivity index is 1.55. The van der Waals surface area contributed by atoms with Crippen LogP contribution in [-0.2, 0) is 16.0 Å². The Morgan fingerprint density at radius 1 is 0.964 bits per heavy atom. The highest BCUT2D eigenvalue weighted by molar-refractivity contribution is 5.94. The van der Waals surface area contributed by atoms with Crippen molar-refractivity contribution in [2.24, 2.45) is 5.92 Å². The molecule has 2 aromatic carbocycles. The van der Waals surface area contributed by atoms with Crippen LogP contribution < -0.4 is 10.6 Å². The molecule has 1 atom stereocenters. The van der Waals surface area contributed by atoms with Gasteiger partial charge in [-0.15, -0.1) is 0 Å². The number of urea groups is 1. The Morgan fingerprint density at radius 3 is 2.32 bits per heavy atom. The number of aliphatic carboxylic acids is 1. The van der Waals surface area contributed by atoms with Gasteiger partial charge in [0.05, 0.1) is 12.3 Å². The van der Waals surface area contributed by atoms with Crippen molar-refractivity contribution in [3.05, 3.63) is 60.2 Å². The van der Waals surface area contributed by atoms with Crippen molar-refractivity contribution >= 4 is 29.3 Å². The normalized spacial score (nSPS) is 16.3. The van der Waals surface area contributed by atoms with Gasteiger partial charge >= 0.3 is 12.0 Å². The molecule has 0 saturated carbocycles. The number of carbonyl (C=O) groups excluding carboxylic acids is 2. The van der Waals surface area contributed by atoms with E-state index in [0.717, 1.165) is 18.5 Å². The lowest BCUT2D eigenvalue weighted by Gasteiger charge is -2.32. The van der Waals surface area contributed by atoms with Gasteiger partial charge in [-0.1, -0.05) is 30.3 Å². The monoisotopic (exact) mass is 381 g/mol. The number of hydrogen-bond acceptors (Lipinski definition) is 3. The van der Waals surface area contributed by atoms with E-state index in [1.165, 1.54) is 0 Å². The van der Waals surface area contributed by atoms with E-state index in [9.17, 15) is 14.4 Å². The van der Waals surface area contributed by atoms with Crippen LogP contribution >= 0.6 is 0 Å². The number of para-hydroxylation sites is 1. The Hall–Kier alpha value is -3.35. The number of carbonyl (C=O) groups is 3. The molecule has 1 unspecified atom stereocenters. The number of nitrogens with zero attached hydrogens (tertiary/aromatic N) is 1. The number of rotatable bonds is 5. The lowest BCUT2D eigenvalue weighted by atomic mass is 9.97. The van der Waals surface area contributed by atoms with Crippen LogP contribution in [0.3, 0.4) is 0 Å². The summed E-state index contributed by atoms with van der Waals surface area (Å²) in [6, 6.07) is 15.8. The van der Waals surface area contributed by atoms with Gasteiger partial charge < -0.3 is 20.6 Å². The molecule has 1 heterocycles. The summed E-state index contributed by atoms with van der Waals surface area (Å²) >= 11 is 0. The van der Waals surface area contributed by atoms with Gasteiger partial charge in [0.15, 0.2) is 0 Å². The number of benzene rings is 2. The van der Waals surface area contributed by atoms with E-state index in [2.05, 4.69) is 10.6 Å². The Labute approximate surface area is 163 Å². The molecule has 0 aliphatic carbocycles. The number of piperidine rings is 1. The summed E-state index contributed by atoms with van der Waals surface area (Å²) in [6.07, 6.45) is 1.43. The topological polar surface area (TPSA) is 98.7 Å². The first-order chi connectivity index (χ1) is 13.5. The van der Waals surface area contributed by atoms with Gasteiger partial charge in [0.1, 0.15) is 0 Å². The maximum Gasteiger partial charge on any atom is 0.321 e. The fourth-order valence-electron chi connectivity index (χ4n) is 3.22. The number of carboxylic acid groups (broad SMARTS) is 1. The predicted molar refractivity (Wildman–Crippen MR) is 106 cm³/mol. The van der Waals surface area contributed by atoms with E-state index in [1.54, 1.807) is 29.2 Å². The van der Waals surface area contributed by atoms with Crippen molar-refractivity contribution in [1.82, 2.24) is 4.90 Å². The van der Waals surface area contributed by atoms with E-state index in [0.29, 0.717) is 24.3 Å². The molecule has 1 aliphatic rings. The van der Waals surface area contributed by atoms with Gasteiger partial charge in [-0.05, 0) is 42.7 Å². The fourth-order valence-corrected chi connectivity index (χ4v) is 3.22. The molecule has 0 aromatic heterocycles. The number of anilines is 2. The zero-order valence-corrected chi connectivity index (χ0v) is 15.4. The molecule has 3 rings (SSSR count).